The summed E-state index contributed by atoms with van der Waals surface area (Å²) in [5.74, 6) is 0. The van der Waals surface area contributed by atoms with Gasteiger partial charge in [-0.3, -0.25) is 4.90 Å². The van der Waals surface area contributed by atoms with Crippen molar-refractivity contribution < 1.29 is 13.2 Å². The zero-order valence-electron chi connectivity index (χ0n) is 14.6. The molecule has 2 heterocycles. The Labute approximate surface area is 135 Å². The van der Waals surface area contributed by atoms with Crippen molar-refractivity contribution in [3.8, 4) is 0 Å². The van der Waals surface area contributed by atoms with Crippen LogP contribution in [0.25, 0.3) is 0 Å². The van der Waals surface area contributed by atoms with Crippen LogP contribution in [0.4, 0.5) is 0 Å². The monoisotopic (exact) mass is 333 g/mol. The lowest BCUT2D eigenvalue weighted by molar-refractivity contribution is 0.0968. The van der Waals surface area contributed by atoms with Gasteiger partial charge in [-0.2, -0.15) is 17.0 Å². The molecule has 0 N–H and O–H groups in total. The lowest BCUT2D eigenvalue weighted by atomic mass is 9.77. The van der Waals surface area contributed by atoms with Gasteiger partial charge in [0.05, 0.1) is 6.61 Å². The summed E-state index contributed by atoms with van der Waals surface area (Å²) in [6.45, 7) is 7.55. The molecule has 0 aromatic rings. The first kappa shape index (κ1) is 18.1. The SMILES string of the molecule is COC[C@H]1CC2(CCN(S(=O)(=O)N(C)C)CC2)CN1C(C)C. The third-order valence-corrected chi connectivity index (χ3v) is 7.19. The maximum absolute atomic E-state index is 12.2. The van der Waals surface area contributed by atoms with Gasteiger partial charge < -0.3 is 4.74 Å². The molecule has 130 valence electrons. The molecule has 2 rings (SSSR count). The molecule has 6 nitrogen and oxygen atoms in total. The van der Waals surface area contributed by atoms with E-state index in [1.54, 1.807) is 25.5 Å². The first-order valence-corrected chi connectivity index (χ1v) is 9.54. The average Bonchev–Trinajstić information content (AvgIpc) is 2.78. The van der Waals surface area contributed by atoms with Crippen molar-refractivity contribution in [2.24, 2.45) is 5.41 Å². The van der Waals surface area contributed by atoms with Crippen molar-refractivity contribution in [2.45, 2.75) is 45.2 Å². The van der Waals surface area contributed by atoms with E-state index in [-0.39, 0.29) is 5.41 Å². The van der Waals surface area contributed by atoms with E-state index >= 15 is 0 Å². The van der Waals surface area contributed by atoms with E-state index < -0.39 is 10.2 Å². The van der Waals surface area contributed by atoms with Crippen molar-refractivity contribution in [1.82, 2.24) is 13.5 Å². The van der Waals surface area contributed by atoms with E-state index in [0.717, 1.165) is 32.4 Å². The number of piperidine rings is 1. The van der Waals surface area contributed by atoms with Crippen LogP contribution in [0.1, 0.15) is 33.1 Å². The van der Waals surface area contributed by atoms with E-state index in [4.69, 9.17) is 4.74 Å². The van der Waals surface area contributed by atoms with Gasteiger partial charge in [-0.25, -0.2) is 0 Å². The Bertz CT molecular complexity index is 470. The minimum absolute atomic E-state index is 0.256. The highest BCUT2D eigenvalue weighted by molar-refractivity contribution is 7.86. The fraction of sp³-hybridized carbons (Fsp3) is 1.00. The third kappa shape index (κ3) is 3.48. The van der Waals surface area contributed by atoms with Gasteiger partial charge in [-0.1, -0.05) is 0 Å². The van der Waals surface area contributed by atoms with Gasteiger partial charge in [0.25, 0.3) is 10.2 Å². The number of methoxy groups -OCH3 is 1. The molecule has 0 aromatic heterocycles. The van der Waals surface area contributed by atoms with Crippen LogP contribution >= 0.6 is 0 Å². The van der Waals surface area contributed by atoms with E-state index in [2.05, 4.69) is 18.7 Å². The molecule has 0 saturated carbocycles. The average molecular weight is 333 g/mol. The molecular weight excluding hydrogens is 302 g/mol. The Morgan fingerprint density at radius 1 is 1.27 bits per heavy atom. The molecule has 2 fully saturated rings. The van der Waals surface area contributed by atoms with Crippen LogP contribution in [0.15, 0.2) is 0 Å². The highest BCUT2D eigenvalue weighted by Gasteiger charge is 2.47. The molecule has 2 saturated heterocycles. The molecule has 0 radical (unpaired) electrons. The zero-order chi connectivity index (χ0) is 16.5. The van der Waals surface area contributed by atoms with Crippen LogP contribution in [0, 0.1) is 5.41 Å². The van der Waals surface area contributed by atoms with E-state index in [1.807, 2.05) is 0 Å². The van der Waals surface area contributed by atoms with Gasteiger partial charge in [0.15, 0.2) is 0 Å². The van der Waals surface area contributed by atoms with E-state index in [9.17, 15) is 8.42 Å². The highest BCUT2D eigenvalue weighted by Crippen LogP contribution is 2.44. The van der Waals surface area contributed by atoms with Gasteiger partial charge in [-0.15, -0.1) is 0 Å². The number of nitrogens with zero attached hydrogens (tertiary/aromatic N) is 3. The third-order valence-electron chi connectivity index (χ3n) is 5.25. The van der Waals surface area contributed by atoms with Gasteiger partial charge in [0, 0.05) is 52.9 Å². The fourth-order valence-electron chi connectivity index (χ4n) is 3.93. The second kappa shape index (κ2) is 6.73. The number of hydrogen-bond donors (Lipinski definition) is 0. The first-order chi connectivity index (χ1) is 10.2. The van der Waals surface area contributed by atoms with Gasteiger partial charge in [0.2, 0.25) is 0 Å². The largest absolute Gasteiger partial charge is 0.383 e. The zero-order valence-corrected chi connectivity index (χ0v) is 15.4. The molecule has 0 unspecified atom stereocenters. The maximum Gasteiger partial charge on any atom is 0.281 e. The number of ether oxygens (including phenoxy) is 1. The summed E-state index contributed by atoms with van der Waals surface area (Å²) in [6, 6.07) is 0.963. The fourth-order valence-corrected chi connectivity index (χ4v) is 5.04. The highest BCUT2D eigenvalue weighted by atomic mass is 32.2. The second-order valence-electron chi connectivity index (χ2n) is 7.27. The lowest BCUT2D eigenvalue weighted by Gasteiger charge is -2.39. The molecule has 0 bridgehead atoms. The summed E-state index contributed by atoms with van der Waals surface area (Å²) in [5.41, 5.74) is 0.256. The Hall–Kier alpha value is -0.210. The van der Waals surface area contributed by atoms with Crippen LogP contribution in [0.2, 0.25) is 0 Å². The van der Waals surface area contributed by atoms with Gasteiger partial charge >= 0.3 is 0 Å². The van der Waals surface area contributed by atoms with Gasteiger partial charge in [-0.05, 0) is 38.5 Å². The lowest BCUT2D eigenvalue weighted by Crippen LogP contribution is -2.48. The Morgan fingerprint density at radius 2 is 1.86 bits per heavy atom. The Morgan fingerprint density at radius 3 is 2.32 bits per heavy atom. The molecule has 0 aromatic carbocycles. The molecule has 2 aliphatic rings. The number of hydrogen-bond acceptors (Lipinski definition) is 4. The maximum atomic E-state index is 12.2. The second-order valence-corrected chi connectivity index (χ2v) is 9.41. The van der Waals surface area contributed by atoms with Crippen molar-refractivity contribution in [1.29, 1.82) is 0 Å². The van der Waals surface area contributed by atoms with Crippen molar-refractivity contribution in [3.05, 3.63) is 0 Å². The summed E-state index contributed by atoms with van der Waals surface area (Å²) < 4.78 is 32.8. The molecule has 1 atom stereocenters. The number of rotatable bonds is 5. The summed E-state index contributed by atoms with van der Waals surface area (Å²) in [4.78, 5) is 2.53. The molecule has 7 heteroatoms. The minimum Gasteiger partial charge on any atom is -0.383 e. The molecule has 2 aliphatic heterocycles. The van der Waals surface area contributed by atoms with Crippen LogP contribution < -0.4 is 0 Å². The first-order valence-electron chi connectivity index (χ1n) is 8.14. The van der Waals surface area contributed by atoms with Crippen LogP contribution in [0.5, 0.6) is 0 Å². The predicted octanol–water partition coefficient (Wildman–Crippen LogP) is 1.00. The van der Waals surface area contributed by atoms with Crippen molar-refractivity contribution >= 4 is 10.2 Å². The van der Waals surface area contributed by atoms with E-state index in [0.29, 0.717) is 25.2 Å². The predicted molar refractivity (Wildman–Crippen MR) is 88.0 cm³/mol. The number of likely N-dealkylation sites (tertiary alicyclic amines) is 1. The minimum atomic E-state index is -3.27. The standard InChI is InChI=1S/C15H31N3O3S/c1-13(2)18-12-15(10-14(18)11-21-5)6-8-17(9-7-15)22(19,20)16(3)4/h13-14H,6-12H2,1-5H3/t14-/m1/s1. The molecule has 0 amide bonds. The molecule has 1 spiro atoms. The smallest absolute Gasteiger partial charge is 0.281 e. The van der Waals surface area contributed by atoms with Crippen LogP contribution in [-0.2, 0) is 14.9 Å². The topological polar surface area (TPSA) is 53.1 Å². The summed E-state index contributed by atoms with van der Waals surface area (Å²) in [6.07, 6.45) is 3.02. The van der Waals surface area contributed by atoms with Crippen LogP contribution in [0.3, 0.4) is 0 Å². The Balaban J connectivity index is 2.04. The molecule has 0 aliphatic carbocycles. The Kier molecular flexibility index (Phi) is 5.54. The quantitative estimate of drug-likeness (QED) is 0.753. The molecular formula is C15H31N3O3S. The van der Waals surface area contributed by atoms with Crippen LogP contribution in [-0.4, -0.2) is 81.5 Å². The normalized spacial score (nSPS) is 27.3. The molecule has 22 heavy (non-hydrogen) atoms. The van der Waals surface area contributed by atoms with E-state index in [1.165, 1.54) is 4.31 Å². The summed E-state index contributed by atoms with van der Waals surface area (Å²) in [5, 5.41) is 0. The summed E-state index contributed by atoms with van der Waals surface area (Å²) >= 11 is 0. The van der Waals surface area contributed by atoms with Crippen molar-refractivity contribution in [3.63, 3.8) is 0 Å². The van der Waals surface area contributed by atoms with Gasteiger partial charge in [0.1, 0.15) is 0 Å². The van der Waals surface area contributed by atoms with Crippen molar-refractivity contribution in [2.75, 3.05) is 47.4 Å². The summed E-state index contributed by atoms with van der Waals surface area (Å²) in [7, 11) is 1.69.